The van der Waals surface area contributed by atoms with Crippen LogP contribution in [0.2, 0.25) is 5.02 Å². The maximum Gasteiger partial charge on any atom is 0.292 e. The lowest BCUT2D eigenvalue weighted by atomic mass is 9.77. The number of primary amides is 1. The molecule has 1 aliphatic heterocycles. The average molecular weight is 420 g/mol. The van der Waals surface area contributed by atoms with Crippen molar-refractivity contribution in [3.63, 3.8) is 0 Å². The summed E-state index contributed by atoms with van der Waals surface area (Å²) in [4.78, 5) is 26.4. The van der Waals surface area contributed by atoms with E-state index in [0.717, 1.165) is 18.5 Å². The van der Waals surface area contributed by atoms with Gasteiger partial charge in [-0.2, -0.15) is 0 Å². The molecule has 3 rings (SSSR count). The van der Waals surface area contributed by atoms with Crippen molar-refractivity contribution in [2.24, 2.45) is 11.1 Å². The molecule has 29 heavy (non-hydrogen) atoms. The fourth-order valence-electron chi connectivity index (χ4n) is 3.67. The van der Waals surface area contributed by atoms with Crippen LogP contribution in [0.3, 0.4) is 0 Å². The number of ether oxygens (including phenoxy) is 1. The van der Waals surface area contributed by atoms with E-state index in [1.807, 2.05) is 13.8 Å². The SMILES string of the molecule is CC(C)c1cc(C(=O)N2CCC[C@@](COc3cccc(Cl)c3)(CC(N)=O)C2)on1. The number of piperidine rings is 1. The van der Waals surface area contributed by atoms with Crippen molar-refractivity contribution >= 4 is 23.4 Å². The number of amides is 2. The van der Waals surface area contributed by atoms with E-state index in [1.54, 1.807) is 35.2 Å². The van der Waals surface area contributed by atoms with Crippen LogP contribution in [0.1, 0.15) is 55.3 Å². The van der Waals surface area contributed by atoms with Crippen molar-refractivity contribution in [3.8, 4) is 5.75 Å². The number of nitrogens with two attached hydrogens (primary N) is 1. The van der Waals surface area contributed by atoms with Gasteiger partial charge in [0.15, 0.2) is 0 Å². The number of aromatic nitrogens is 1. The molecule has 2 aromatic rings. The number of rotatable bonds is 7. The van der Waals surface area contributed by atoms with E-state index in [2.05, 4.69) is 5.16 Å². The highest BCUT2D eigenvalue weighted by Gasteiger charge is 2.40. The summed E-state index contributed by atoms with van der Waals surface area (Å²) in [5, 5.41) is 4.53. The van der Waals surface area contributed by atoms with E-state index >= 15 is 0 Å². The number of benzene rings is 1. The Hall–Kier alpha value is -2.54. The Balaban J connectivity index is 1.75. The summed E-state index contributed by atoms with van der Waals surface area (Å²) in [5.74, 6) is 0.332. The van der Waals surface area contributed by atoms with Crippen molar-refractivity contribution in [3.05, 3.63) is 46.8 Å². The highest BCUT2D eigenvalue weighted by atomic mass is 35.5. The van der Waals surface area contributed by atoms with Crippen molar-refractivity contribution in [2.75, 3.05) is 19.7 Å². The zero-order chi connectivity index (χ0) is 21.0. The Morgan fingerprint density at radius 3 is 2.83 bits per heavy atom. The topological polar surface area (TPSA) is 98.7 Å². The van der Waals surface area contributed by atoms with Gasteiger partial charge < -0.3 is 19.9 Å². The molecule has 0 spiro atoms. The average Bonchev–Trinajstić information content (AvgIpc) is 3.16. The summed E-state index contributed by atoms with van der Waals surface area (Å²) in [7, 11) is 0. The molecule has 0 saturated carbocycles. The van der Waals surface area contributed by atoms with Crippen LogP contribution in [-0.4, -0.2) is 41.6 Å². The second kappa shape index (κ2) is 8.86. The maximum absolute atomic E-state index is 12.9. The predicted molar refractivity (Wildman–Crippen MR) is 109 cm³/mol. The van der Waals surface area contributed by atoms with E-state index in [1.165, 1.54) is 0 Å². The van der Waals surface area contributed by atoms with Gasteiger partial charge in [0.2, 0.25) is 11.7 Å². The first-order chi connectivity index (χ1) is 13.8. The summed E-state index contributed by atoms with van der Waals surface area (Å²) in [6, 6.07) is 8.76. The second-order valence-electron chi connectivity index (χ2n) is 7.99. The van der Waals surface area contributed by atoms with Crippen LogP contribution in [0.25, 0.3) is 0 Å². The van der Waals surface area contributed by atoms with Gasteiger partial charge in [-0.15, -0.1) is 0 Å². The van der Waals surface area contributed by atoms with Gasteiger partial charge in [0.25, 0.3) is 5.91 Å². The fraction of sp³-hybridized carbons (Fsp3) is 0.476. The molecule has 1 aromatic carbocycles. The first-order valence-corrected chi connectivity index (χ1v) is 10.1. The summed E-state index contributed by atoms with van der Waals surface area (Å²) in [5.41, 5.74) is 5.69. The summed E-state index contributed by atoms with van der Waals surface area (Å²) in [6.45, 7) is 5.16. The lowest BCUT2D eigenvalue weighted by molar-refractivity contribution is -0.122. The van der Waals surface area contributed by atoms with E-state index in [-0.39, 0.29) is 30.6 Å². The maximum atomic E-state index is 12.9. The van der Waals surface area contributed by atoms with E-state index in [4.69, 9.17) is 26.6 Å². The molecule has 7 nitrogen and oxygen atoms in total. The van der Waals surface area contributed by atoms with Crippen molar-refractivity contribution in [1.82, 2.24) is 10.1 Å². The van der Waals surface area contributed by atoms with Crippen molar-refractivity contribution in [2.45, 2.75) is 39.0 Å². The third-order valence-corrected chi connectivity index (χ3v) is 5.40. The monoisotopic (exact) mass is 419 g/mol. The van der Waals surface area contributed by atoms with Gasteiger partial charge in [-0.3, -0.25) is 9.59 Å². The third kappa shape index (κ3) is 5.29. The normalized spacial score (nSPS) is 19.4. The number of likely N-dealkylation sites (tertiary alicyclic amines) is 1. The lowest BCUT2D eigenvalue weighted by Crippen LogP contribution is -2.50. The third-order valence-electron chi connectivity index (χ3n) is 5.17. The summed E-state index contributed by atoms with van der Waals surface area (Å²) < 4.78 is 11.2. The second-order valence-corrected chi connectivity index (χ2v) is 8.43. The fourth-order valence-corrected chi connectivity index (χ4v) is 3.86. The van der Waals surface area contributed by atoms with E-state index < -0.39 is 11.3 Å². The number of hydrogen-bond donors (Lipinski definition) is 1. The molecule has 2 amide bonds. The minimum Gasteiger partial charge on any atom is -0.493 e. The molecule has 1 saturated heterocycles. The Morgan fingerprint density at radius 2 is 2.17 bits per heavy atom. The predicted octanol–water partition coefficient (Wildman–Crippen LogP) is 3.63. The molecule has 1 atom stereocenters. The van der Waals surface area contributed by atoms with Crippen LogP contribution in [0, 0.1) is 5.41 Å². The Labute approximate surface area is 175 Å². The molecule has 156 valence electrons. The van der Waals surface area contributed by atoms with Gasteiger partial charge in [-0.1, -0.05) is 36.7 Å². The molecular formula is C21H26ClN3O4. The lowest BCUT2D eigenvalue weighted by Gasteiger charge is -2.41. The minimum absolute atomic E-state index is 0.130. The zero-order valence-corrected chi connectivity index (χ0v) is 17.4. The molecule has 1 fully saturated rings. The van der Waals surface area contributed by atoms with Crippen LogP contribution in [0.15, 0.2) is 34.9 Å². The molecule has 0 unspecified atom stereocenters. The van der Waals surface area contributed by atoms with Crippen LogP contribution in [0.4, 0.5) is 0 Å². The van der Waals surface area contributed by atoms with Crippen LogP contribution in [0.5, 0.6) is 5.75 Å². The molecular weight excluding hydrogens is 394 g/mol. The van der Waals surface area contributed by atoms with Gasteiger partial charge in [0.05, 0.1) is 12.3 Å². The van der Waals surface area contributed by atoms with Gasteiger partial charge in [0.1, 0.15) is 5.75 Å². The molecule has 0 radical (unpaired) electrons. The Kier molecular flexibility index (Phi) is 6.47. The first-order valence-electron chi connectivity index (χ1n) is 9.70. The molecule has 0 aliphatic carbocycles. The Morgan fingerprint density at radius 1 is 1.38 bits per heavy atom. The van der Waals surface area contributed by atoms with Crippen molar-refractivity contribution < 1.29 is 18.8 Å². The van der Waals surface area contributed by atoms with Crippen LogP contribution < -0.4 is 10.5 Å². The molecule has 1 aromatic heterocycles. The largest absolute Gasteiger partial charge is 0.493 e. The number of carbonyl (C=O) groups excluding carboxylic acids is 2. The van der Waals surface area contributed by atoms with Gasteiger partial charge in [0, 0.05) is 36.0 Å². The summed E-state index contributed by atoms with van der Waals surface area (Å²) in [6.07, 6.45) is 1.60. The van der Waals surface area contributed by atoms with Gasteiger partial charge in [-0.05, 0) is 37.0 Å². The first kappa shape index (κ1) is 21.2. The minimum atomic E-state index is -0.567. The highest BCUT2D eigenvalue weighted by molar-refractivity contribution is 6.30. The number of nitrogens with zero attached hydrogens (tertiary/aromatic N) is 2. The van der Waals surface area contributed by atoms with Crippen LogP contribution in [-0.2, 0) is 4.79 Å². The van der Waals surface area contributed by atoms with E-state index in [0.29, 0.717) is 23.9 Å². The number of halogens is 1. The molecule has 2 heterocycles. The van der Waals surface area contributed by atoms with E-state index in [9.17, 15) is 9.59 Å². The number of hydrogen-bond acceptors (Lipinski definition) is 5. The molecule has 1 aliphatic rings. The zero-order valence-electron chi connectivity index (χ0n) is 16.7. The molecule has 8 heteroatoms. The van der Waals surface area contributed by atoms with Crippen LogP contribution >= 0.6 is 11.6 Å². The quantitative estimate of drug-likeness (QED) is 0.738. The number of carbonyl (C=O) groups is 2. The van der Waals surface area contributed by atoms with Crippen molar-refractivity contribution in [1.29, 1.82) is 0 Å². The summed E-state index contributed by atoms with van der Waals surface area (Å²) >= 11 is 6.02. The van der Waals surface area contributed by atoms with Gasteiger partial charge >= 0.3 is 0 Å². The molecule has 0 bridgehead atoms. The van der Waals surface area contributed by atoms with Gasteiger partial charge in [-0.25, -0.2) is 0 Å². The standard InChI is InChI=1S/C21H26ClN3O4/c1-14(2)17-10-18(29-24-17)20(27)25-8-4-7-21(12-25,11-19(23)26)13-28-16-6-3-5-15(22)9-16/h3,5-6,9-10,14H,4,7-8,11-13H2,1-2H3,(H2,23,26)/t21-/m1/s1. The Bertz CT molecular complexity index is 882. The molecule has 2 N–H and O–H groups in total. The highest BCUT2D eigenvalue weighted by Crippen LogP contribution is 2.35. The smallest absolute Gasteiger partial charge is 0.292 e.